The van der Waals surface area contributed by atoms with E-state index in [-0.39, 0.29) is 46.0 Å². The quantitative estimate of drug-likeness (QED) is 0.467. The van der Waals surface area contributed by atoms with Crippen molar-refractivity contribution in [1.29, 1.82) is 0 Å². The van der Waals surface area contributed by atoms with Crippen LogP contribution in [0.5, 0.6) is 0 Å². The number of halogens is 2. The van der Waals surface area contributed by atoms with Gasteiger partial charge in [0.05, 0.1) is 11.3 Å². The first-order valence-corrected chi connectivity index (χ1v) is 10.0. The molecule has 1 saturated heterocycles. The van der Waals surface area contributed by atoms with E-state index in [0.29, 0.717) is 0 Å². The predicted molar refractivity (Wildman–Crippen MR) is 113 cm³/mol. The molecule has 2 aromatic carbocycles. The van der Waals surface area contributed by atoms with E-state index in [9.17, 15) is 18.4 Å². The van der Waals surface area contributed by atoms with Crippen molar-refractivity contribution in [3.05, 3.63) is 65.6 Å². The van der Waals surface area contributed by atoms with E-state index in [1.54, 1.807) is 0 Å². The zero-order valence-electron chi connectivity index (χ0n) is 17.0. The lowest BCUT2D eigenvalue weighted by atomic mass is 9.98. The molecular formula is C22H21F2N5O3. The summed E-state index contributed by atoms with van der Waals surface area (Å²) >= 11 is 0. The number of anilines is 2. The fourth-order valence-electron chi connectivity index (χ4n) is 3.55. The summed E-state index contributed by atoms with van der Waals surface area (Å²) in [7, 11) is 0. The Morgan fingerprint density at radius 1 is 1.12 bits per heavy atom. The van der Waals surface area contributed by atoms with Crippen LogP contribution in [0.25, 0.3) is 11.1 Å². The lowest BCUT2D eigenvalue weighted by molar-refractivity contribution is 0.0928. The number of rotatable bonds is 6. The first kappa shape index (κ1) is 21.4. The summed E-state index contributed by atoms with van der Waals surface area (Å²) in [6, 6.07) is 7.85. The SMILES string of the molecule is NC(=O)c1coc(Nc2ccc(C(=O)NC3CCNCC3)cc2-c2c(F)cccc2F)n1. The molecule has 2 heterocycles. The van der Waals surface area contributed by atoms with Crippen molar-refractivity contribution < 1.29 is 22.8 Å². The van der Waals surface area contributed by atoms with Gasteiger partial charge in [0.1, 0.15) is 17.9 Å². The molecule has 1 aliphatic heterocycles. The largest absolute Gasteiger partial charge is 0.431 e. The van der Waals surface area contributed by atoms with Gasteiger partial charge in [-0.25, -0.2) is 8.78 Å². The highest BCUT2D eigenvalue weighted by atomic mass is 19.1. The van der Waals surface area contributed by atoms with Crippen LogP contribution < -0.4 is 21.7 Å². The van der Waals surface area contributed by atoms with E-state index in [4.69, 9.17) is 10.2 Å². The Bertz CT molecular complexity index is 1140. The lowest BCUT2D eigenvalue weighted by Gasteiger charge is -2.24. The molecule has 4 rings (SSSR count). The molecule has 32 heavy (non-hydrogen) atoms. The number of primary amides is 1. The van der Waals surface area contributed by atoms with Crippen LogP contribution in [0.1, 0.15) is 33.7 Å². The Hall–Kier alpha value is -3.79. The summed E-state index contributed by atoms with van der Waals surface area (Å²) in [5.74, 6) is -2.72. The standard InChI is InChI=1S/C22H21F2N5O3/c23-15-2-1-3-16(24)19(15)14-10-12(21(31)27-13-6-8-26-9-7-13)4-5-17(14)28-22-29-18(11-32-22)20(25)30/h1-5,10-11,13,26H,6-9H2,(H2,25,30)(H,27,31)(H,28,29). The highest BCUT2D eigenvalue weighted by molar-refractivity contribution is 5.97. The molecule has 8 nitrogen and oxygen atoms in total. The lowest BCUT2D eigenvalue weighted by Crippen LogP contribution is -2.42. The third-order valence-corrected chi connectivity index (χ3v) is 5.19. The Balaban J connectivity index is 1.70. The van der Waals surface area contributed by atoms with Gasteiger partial charge in [-0.3, -0.25) is 9.59 Å². The maximum absolute atomic E-state index is 14.6. The number of carbonyl (C=O) groups excluding carboxylic acids is 2. The summed E-state index contributed by atoms with van der Waals surface area (Å²) < 4.78 is 34.4. The zero-order chi connectivity index (χ0) is 22.7. The van der Waals surface area contributed by atoms with Gasteiger partial charge in [0, 0.05) is 17.2 Å². The minimum atomic E-state index is -0.797. The smallest absolute Gasteiger partial charge is 0.299 e. The number of piperidine rings is 1. The van der Waals surface area contributed by atoms with Crippen molar-refractivity contribution in [2.45, 2.75) is 18.9 Å². The van der Waals surface area contributed by atoms with Crippen molar-refractivity contribution >= 4 is 23.5 Å². The third-order valence-electron chi connectivity index (χ3n) is 5.19. The second kappa shape index (κ2) is 9.15. The van der Waals surface area contributed by atoms with Crippen LogP contribution in [0.3, 0.4) is 0 Å². The van der Waals surface area contributed by atoms with E-state index in [0.717, 1.165) is 44.3 Å². The second-order valence-electron chi connectivity index (χ2n) is 7.38. The molecule has 5 N–H and O–H groups in total. The monoisotopic (exact) mass is 441 g/mol. The van der Waals surface area contributed by atoms with Crippen molar-refractivity contribution in [2.75, 3.05) is 18.4 Å². The molecule has 0 spiro atoms. The van der Waals surface area contributed by atoms with Crippen LogP contribution in [0.15, 0.2) is 47.1 Å². The third kappa shape index (κ3) is 4.59. The average Bonchev–Trinajstić information content (AvgIpc) is 3.24. The molecule has 1 fully saturated rings. The van der Waals surface area contributed by atoms with Gasteiger partial charge in [0.25, 0.3) is 17.8 Å². The van der Waals surface area contributed by atoms with Gasteiger partial charge < -0.3 is 26.1 Å². The Morgan fingerprint density at radius 2 is 1.84 bits per heavy atom. The predicted octanol–water partition coefficient (Wildman–Crippen LogP) is 2.94. The highest BCUT2D eigenvalue weighted by Crippen LogP contribution is 2.35. The molecule has 0 saturated carbocycles. The summed E-state index contributed by atoms with van der Waals surface area (Å²) in [5, 5.41) is 8.97. The number of carbonyl (C=O) groups is 2. The number of aromatic nitrogens is 1. The zero-order valence-corrected chi connectivity index (χ0v) is 17.0. The van der Waals surface area contributed by atoms with Gasteiger partial charge in [0.2, 0.25) is 0 Å². The fourth-order valence-corrected chi connectivity index (χ4v) is 3.55. The van der Waals surface area contributed by atoms with Crippen molar-refractivity contribution in [3.63, 3.8) is 0 Å². The van der Waals surface area contributed by atoms with Crippen LogP contribution in [0, 0.1) is 11.6 Å². The van der Waals surface area contributed by atoms with Gasteiger partial charge in [-0.15, -0.1) is 0 Å². The molecule has 2 amide bonds. The first-order valence-electron chi connectivity index (χ1n) is 10.0. The summed E-state index contributed by atoms with van der Waals surface area (Å²) in [6.45, 7) is 1.62. The fraction of sp³-hybridized carbons (Fsp3) is 0.227. The number of nitrogens with two attached hydrogens (primary N) is 1. The molecular weight excluding hydrogens is 420 g/mol. The molecule has 0 aliphatic carbocycles. The molecule has 1 aromatic heterocycles. The van der Waals surface area contributed by atoms with E-state index < -0.39 is 17.5 Å². The van der Waals surface area contributed by atoms with Gasteiger partial charge >= 0.3 is 0 Å². The van der Waals surface area contributed by atoms with E-state index >= 15 is 0 Å². The van der Waals surface area contributed by atoms with Crippen molar-refractivity contribution in [3.8, 4) is 11.1 Å². The minimum absolute atomic E-state index is 0.0229. The normalized spacial score (nSPS) is 14.2. The van der Waals surface area contributed by atoms with Gasteiger partial charge in [-0.2, -0.15) is 4.98 Å². The van der Waals surface area contributed by atoms with Gasteiger partial charge in [-0.05, 0) is 56.3 Å². The Labute approximate surface area is 182 Å². The maximum atomic E-state index is 14.6. The van der Waals surface area contributed by atoms with Crippen LogP contribution >= 0.6 is 0 Å². The van der Waals surface area contributed by atoms with Crippen molar-refractivity contribution in [1.82, 2.24) is 15.6 Å². The molecule has 0 radical (unpaired) electrons. The summed E-state index contributed by atoms with van der Waals surface area (Å²) in [5.41, 5.74) is 5.32. The van der Waals surface area contributed by atoms with Gasteiger partial charge in [0.15, 0.2) is 5.69 Å². The number of hydrogen-bond donors (Lipinski definition) is 4. The van der Waals surface area contributed by atoms with E-state index in [2.05, 4.69) is 20.9 Å². The summed E-state index contributed by atoms with van der Waals surface area (Å²) in [6.07, 6.45) is 2.66. The first-order chi connectivity index (χ1) is 15.4. The van der Waals surface area contributed by atoms with Crippen LogP contribution in [-0.2, 0) is 0 Å². The Kier molecular flexibility index (Phi) is 6.13. The van der Waals surface area contributed by atoms with Crippen LogP contribution in [-0.4, -0.2) is 35.9 Å². The van der Waals surface area contributed by atoms with E-state index in [1.807, 2.05) is 0 Å². The number of nitrogens with zero attached hydrogens (tertiary/aromatic N) is 1. The molecule has 0 bridgehead atoms. The summed E-state index contributed by atoms with van der Waals surface area (Å²) in [4.78, 5) is 27.9. The number of oxazole rings is 1. The van der Waals surface area contributed by atoms with Crippen molar-refractivity contribution in [2.24, 2.45) is 5.73 Å². The van der Waals surface area contributed by atoms with E-state index in [1.165, 1.54) is 24.3 Å². The minimum Gasteiger partial charge on any atom is -0.431 e. The molecule has 1 aliphatic rings. The number of hydrogen-bond acceptors (Lipinski definition) is 6. The number of amides is 2. The molecule has 0 unspecified atom stereocenters. The van der Waals surface area contributed by atoms with Crippen LogP contribution in [0.4, 0.5) is 20.5 Å². The Morgan fingerprint density at radius 3 is 2.50 bits per heavy atom. The molecule has 3 aromatic rings. The topological polar surface area (TPSA) is 122 Å². The molecule has 10 heteroatoms. The number of benzene rings is 2. The van der Waals surface area contributed by atoms with Gasteiger partial charge in [-0.1, -0.05) is 6.07 Å². The number of nitrogens with one attached hydrogen (secondary N) is 3. The average molecular weight is 441 g/mol. The molecule has 0 atom stereocenters. The maximum Gasteiger partial charge on any atom is 0.299 e. The van der Waals surface area contributed by atoms with Crippen LogP contribution in [0.2, 0.25) is 0 Å². The highest BCUT2D eigenvalue weighted by Gasteiger charge is 2.21. The molecule has 166 valence electrons. The second-order valence-corrected chi connectivity index (χ2v) is 7.38.